The Bertz CT molecular complexity index is 1440. The van der Waals surface area contributed by atoms with E-state index in [9.17, 15) is 34.2 Å². The molecule has 0 saturated heterocycles. The molecule has 1 aromatic heterocycles. The molecule has 3 aliphatic carbocycles. The monoisotopic (exact) mass is 537 g/mol. The maximum absolute atomic E-state index is 13.8. The molecule has 198 valence electrons. The number of carbonyl (C=O) groups is 5. The van der Waals surface area contributed by atoms with Crippen LogP contribution in [-0.2, 0) is 25.6 Å². The molecule has 5 rings (SSSR count). The number of nitrogens with zero attached hydrogens (tertiary/aromatic N) is 2. The first-order valence-electron chi connectivity index (χ1n) is 12.2. The van der Waals surface area contributed by atoms with Gasteiger partial charge in [-0.1, -0.05) is 12.1 Å². The van der Waals surface area contributed by atoms with Crippen molar-refractivity contribution >= 4 is 52.5 Å². The number of Topliss-reactive ketones (excluding diaryl/α,β-unsaturated/α-hetero) is 4. The van der Waals surface area contributed by atoms with Gasteiger partial charge in [0.2, 0.25) is 5.91 Å². The Labute approximate surface area is 222 Å². The van der Waals surface area contributed by atoms with Crippen molar-refractivity contribution in [3.05, 3.63) is 44.9 Å². The number of aromatic hydroxyl groups is 1. The highest BCUT2D eigenvalue weighted by atomic mass is 32.1. The number of fused-ring (bicyclic) bond motifs is 3. The Morgan fingerprint density at radius 3 is 2.50 bits per heavy atom. The van der Waals surface area contributed by atoms with Crippen LogP contribution >= 0.6 is 11.3 Å². The summed E-state index contributed by atoms with van der Waals surface area (Å²) in [6, 6.07) is 1.93. The van der Waals surface area contributed by atoms with Gasteiger partial charge in [-0.15, -0.1) is 11.3 Å². The second-order valence-electron chi connectivity index (χ2n) is 10.5. The zero-order chi connectivity index (χ0) is 27.7. The number of ketones is 4. The fraction of sp³-hybridized carbons (Fsp3) is 0.407. The summed E-state index contributed by atoms with van der Waals surface area (Å²) >= 11 is 1.46. The summed E-state index contributed by atoms with van der Waals surface area (Å²) in [5, 5.41) is 22.2. The van der Waals surface area contributed by atoms with Gasteiger partial charge in [-0.05, 0) is 63.0 Å². The van der Waals surface area contributed by atoms with E-state index in [1.807, 2.05) is 19.1 Å². The van der Waals surface area contributed by atoms with Crippen molar-refractivity contribution in [2.45, 2.75) is 31.4 Å². The normalized spacial score (nSPS) is 30.9. The predicted molar refractivity (Wildman–Crippen MR) is 137 cm³/mol. The highest BCUT2D eigenvalue weighted by Crippen LogP contribution is 2.51. The average Bonchev–Trinajstić information content (AvgIpc) is 3.25. The Morgan fingerprint density at radius 1 is 1.18 bits per heavy atom. The zero-order valence-corrected chi connectivity index (χ0v) is 21.8. The largest absolute Gasteiger partial charge is 0.507 e. The maximum Gasteiger partial charge on any atom is 0.235 e. The Kier molecular flexibility index (Phi) is 6.20. The Balaban J connectivity index is 1.61. The average molecular weight is 538 g/mol. The van der Waals surface area contributed by atoms with Gasteiger partial charge in [0.1, 0.15) is 5.75 Å². The van der Waals surface area contributed by atoms with E-state index in [0.717, 1.165) is 10.6 Å². The first-order chi connectivity index (χ1) is 17.9. The molecule has 6 atom stereocenters. The number of nitrogens with two attached hydrogens (primary N) is 1. The summed E-state index contributed by atoms with van der Waals surface area (Å²) in [4.78, 5) is 72.7. The van der Waals surface area contributed by atoms with Gasteiger partial charge in [0, 0.05) is 10.8 Å². The minimum absolute atomic E-state index is 0.0106. The van der Waals surface area contributed by atoms with Crippen LogP contribution < -0.4 is 5.73 Å². The minimum Gasteiger partial charge on any atom is -0.507 e. The Hall–Kier alpha value is -3.54. The summed E-state index contributed by atoms with van der Waals surface area (Å²) in [5.41, 5.74) is 6.39. The van der Waals surface area contributed by atoms with Crippen LogP contribution in [0.1, 0.15) is 38.5 Å². The number of phenolic OH excluding ortho intramolecular Hbond substituents is 1. The molecule has 2 fully saturated rings. The molecular weight excluding hydrogens is 510 g/mol. The molecule has 1 amide bonds. The summed E-state index contributed by atoms with van der Waals surface area (Å²) in [6.45, 7) is 1.88. The molecule has 1 heterocycles. The molecule has 10 nitrogen and oxygen atoms in total. The lowest BCUT2D eigenvalue weighted by Crippen LogP contribution is -2.74. The van der Waals surface area contributed by atoms with Crippen molar-refractivity contribution in [2.24, 2.45) is 29.4 Å². The van der Waals surface area contributed by atoms with E-state index in [1.165, 1.54) is 22.3 Å². The van der Waals surface area contributed by atoms with Crippen LogP contribution in [0, 0.1) is 30.6 Å². The smallest absolute Gasteiger partial charge is 0.235 e. The number of hydrogen-bond acceptors (Lipinski definition) is 10. The van der Waals surface area contributed by atoms with Crippen LogP contribution in [0.3, 0.4) is 0 Å². The van der Waals surface area contributed by atoms with Crippen LogP contribution in [0.2, 0.25) is 0 Å². The van der Waals surface area contributed by atoms with E-state index in [0.29, 0.717) is 11.1 Å². The van der Waals surface area contributed by atoms with Gasteiger partial charge in [0.05, 0.1) is 28.7 Å². The fourth-order valence-corrected chi connectivity index (χ4v) is 7.12. The molecule has 2 unspecified atom stereocenters. The minimum atomic E-state index is -2.73. The molecule has 1 aromatic carbocycles. The number of aromatic nitrogens is 1. The molecule has 0 spiro atoms. The van der Waals surface area contributed by atoms with Crippen molar-refractivity contribution in [1.29, 1.82) is 0 Å². The van der Waals surface area contributed by atoms with E-state index < -0.39 is 64.4 Å². The number of hydrogen-bond donors (Lipinski definition) is 3. The zero-order valence-electron chi connectivity index (χ0n) is 21.0. The first-order valence-corrected chi connectivity index (χ1v) is 13.0. The molecular formula is C27H27N3O7S. The fourth-order valence-electron chi connectivity index (χ4n) is 6.42. The van der Waals surface area contributed by atoms with Gasteiger partial charge in [0.15, 0.2) is 34.7 Å². The summed E-state index contributed by atoms with van der Waals surface area (Å²) in [6.07, 6.45) is 3.91. The lowest BCUT2D eigenvalue weighted by atomic mass is 9.52. The van der Waals surface area contributed by atoms with Crippen molar-refractivity contribution in [2.75, 3.05) is 14.1 Å². The van der Waals surface area contributed by atoms with Crippen molar-refractivity contribution < 1.29 is 34.2 Å². The van der Waals surface area contributed by atoms with Crippen LogP contribution in [-0.4, -0.2) is 74.9 Å². The number of aliphatic hydroxyl groups is 1. The van der Waals surface area contributed by atoms with Crippen molar-refractivity contribution in [1.82, 2.24) is 9.88 Å². The topological polar surface area (TPSA) is 168 Å². The number of primary amides is 1. The van der Waals surface area contributed by atoms with Gasteiger partial charge in [-0.2, -0.15) is 0 Å². The number of rotatable bonds is 4. The van der Waals surface area contributed by atoms with E-state index in [1.54, 1.807) is 25.7 Å². The van der Waals surface area contributed by atoms with E-state index in [-0.39, 0.29) is 24.2 Å². The van der Waals surface area contributed by atoms with E-state index in [4.69, 9.17) is 5.73 Å². The number of aryl methyl sites for hydroxylation is 1. The Morgan fingerprint density at radius 2 is 1.89 bits per heavy atom. The molecule has 0 bridgehead atoms. The molecule has 2 saturated carbocycles. The third kappa shape index (κ3) is 3.60. The molecule has 38 heavy (non-hydrogen) atoms. The van der Waals surface area contributed by atoms with Crippen LogP contribution in [0.4, 0.5) is 0 Å². The molecule has 11 heteroatoms. The van der Waals surface area contributed by atoms with Crippen molar-refractivity contribution in [3.8, 4) is 5.75 Å². The van der Waals surface area contributed by atoms with E-state index in [2.05, 4.69) is 4.98 Å². The summed E-state index contributed by atoms with van der Waals surface area (Å²) in [7, 11) is 3.11. The number of thiazole rings is 1. The van der Waals surface area contributed by atoms with Crippen molar-refractivity contribution in [3.63, 3.8) is 0 Å². The highest BCUT2D eigenvalue weighted by molar-refractivity contribution is 7.10. The SMILES string of the molecule is Cc1ncsc1C=Cc1ccc(O)c2c1C[C@H]1C[C@H]3[C@H](N(C)C)C(=O)C(C(N)=O)C(=O)[C@@]3(O)C(=O)C1C2=O. The van der Waals surface area contributed by atoms with Crippen LogP contribution in [0.15, 0.2) is 17.6 Å². The molecule has 0 aliphatic heterocycles. The number of likely N-dealkylation sites (N-methyl/N-ethyl adjacent to an activating group) is 1. The van der Waals surface area contributed by atoms with Gasteiger partial charge >= 0.3 is 0 Å². The summed E-state index contributed by atoms with van der Waals surface area (Å²) < 4.78 is 0. The lowest BCUT2D eigenvalue weighted by molar-refractivity contribution is -0.181. The van der Waals surface area contributed by atoms with E-state index >= 15 is 0 Å². The standard InChI is InChI=1S/C27H27N3O7S/c1-11-17(38-10-29-11)7-5-12-4-6-16(31)19-14(12)8-13-9-15-21(30(2)3)23(33)20(26(28)36)25(35)27(15,37)24(34)18(13)22(19)32/h4-7,10,13,15,18,20-21,31,37H,8-9H2,1-3H3,(H2,28,36)/t13-,15-,18?,20?,21-,27-/m0/s1. The van der Waals surface area contributed by atoms with Crippen LogP contribution in [0.25, 0.3) is 12.2 Å². The molecule has 2 aromatic rings. The second-order valence-corrected chi connectivity index (χ2v) is 11.3. The lowest BCUT2D eigenvalue weighted by Gasteiger charge is -2.52. The molecule has 3 aliphatic rings. The maximum atomic E-state index is 13.8. The number of amides is 1. The van der Waals surface area contributed by atoms with Gasteiger partial charge in [-0.3, -0.25) is 28.9 Å². The molecule has 4 N–H and O–H groups in total. The third-order valence-electron chi connectivity index (χ3n) is 8.18. The third-order valence-corrected chi connectivity index (χ3v) is 9.07. The number of benzene rings is 1. The van der Waals surface area contributed by atoms with Gasteiger partial charge < -0.3 is 15.9 Å². The molecule has 0 radical (unpaired) electrons. The second kappa shape index (κ2) is 9.04. The van der Waals surface area contributed by atoms with Gasteiger partial charge in [-0.25, -0.2) is 4.98 Å². The number of carbonyl (C=O) groups excluding carboxylic acids is 5. The number of phenols is 1. The first kappa shape index (κ1) is 26.1. The quantitative estimate of drug-likeness (QED) is 0.478. The van der Waals surface area contributed by atoms with Gasteiger partial charge in [0.25, 0.3) is 0 Å². The summed E-state index contributed by atoms with van der Waals surface area (Å²) in [5.74, 6) is -10.5. The predicted octanol–water partition coefficient (Wildman–Crippen LogP) is 0.802. The van der Waals surface area contributed by atoms with Crippen LogP contribution in [0.5, 0.6) is 5.75 Å². The highest BCUT2D eigenvalue weighted by Gasteiger charge is 2.69.